The minimum absolute atomic E-state index is 0.302. The molecule has 0 aromatic carbocycles. The molecule has 0 radical (unpaired) electrons. The van der Waals surface area contributed by atoms with E-state index in [4.69, 9.17) is 15.2 Å². The van der Waals surface area contributed by atoms with E-state index in [0.29, 0.717) is 32.5 Å². The van der Waals surface area contributed by atoms with Crippen molar-refractivity contribution in [2.75, 3.05) is 13.2 Å². The van der Waals surface area contributed by atoms with Crippen LogP contribution in [-0.4, -0.2) is 47.6 Å². The lowest BCUT2D eigenvalue weighted by atomic mass is 9.84. The van der Waals surface area contributed by atoms with E-state index in [2.05, 4.69) is 5.32 Å². The summed E-state index contributed by atoms with van der Waals surface area (Å²) in [5.74, 6) is -0.872. The molecule has 4 N–H and O–H groups in total. The van der Waals surface area contributed by atoms with Crippen molar-refractivity contribution in [2.45, 2.75) is 57.3 Å². The zero-order valence-electron chi connectivity index (χ0n) is 12.3. The summed E-state index contributed by atoms with van der Waals surface area (Å²) in [5.41, 5.74) is 3.39. The number of rotatable bonds is 3. The van der Waals surface area contributed by atoms with Crippen molar-refractivity contribution < 1.29 is 24.2 Å². The first-order valence-electron chi connectivity index (χ1n) is 6.73. The van der Waals surface area contributed by atoms with Gasteiger partial charge in [-0.25, -0.2) is 4.79 Å². The van der Waals surface area contributed by atoms with Crippen LogP contribution in [-0.2, 0) is 14.3 Å². The van der Waals surface area contributed by atoms with Gasteiger partial charge in [0.2, 0.25) is 5.91 Å². The van der Waals surface area contributed by atoms with Gasteiger partial charge in [0.15, 0.2) is 6.10 Å². The predicted molar refractivity (Wildman–Crippen MR) is 72.0 cm³/mol. The van der Waals surface area contributed by atoms with Crippen LogP contribution < -0.4 is 11.1 Å². The summed E-state index contributed by atoms with van der Waals surface area (Å²) in [6.07, 6.45) is -0.844. The number of nitrogens with one attached hydrogen (secondary N) is 1. The molecule has 1 aliphatic heterocycles. The number of ether oxygens (including phenoxy) is 2. The lowest BCUT2D eigenvalue weighted by molar-refractivity contribution is -0.130. The standard InChI is InChI=1S/C13H24N2O5/c1-12(2,3)20-11(18)15-13(9(16)10(14)17)5-4-7-19-8-6-13/h9,16H,4-8H2,1-3H3,(H2,14,17)(H,15,18). The van der Waals surface area contributed by atoms with Gasteiger partial charge in [0.05, 0.1) is 5.54 Å². The highest BCUT2D eigenvalue weighted by atomic mass is 16.6. The Kier molecular flexibility index (Phi) is 5.35. The van der Waals surface area contributed by atoms with Crippen molar-refractivity contribution in [3.05, 3.63) is 0 Å². The first-order valence-corrected chi connectivity index (χ1v) is 6.73. The van der Waals surface area contributed by atoms with E-state index < -0.39 is 29.2 Å². The van der Waals surface area contributed by atoms with Crippen LogP contribution in [0.25, 0.3) is 0 Å². The predicted octanol–water partition coefficient (Wildman–Crippen LogP) is 0.297. The molecule has 116 valence electrons. The number of aliphatic hydroxyl groups is 1. The van der Waals surface area contributed by atoms with Crippen LogP contribution in [0.1, 0.15) is 40.0 Å². The van der Waals surface area contributed by atoms with Crippen LogP contribution in [0.2, 0.25) is 0 Å². The van der Waals surface area contributed by atoms with Gasteiger partial charge in [-0.3, -0.25) is 4.79 Å². The number of primary amides is 1. The largest absolute Gasteiger partial charge is 0.444 e. The second-order valence-corrected chi connectivity index (χ2v) is 6.05. The molecule has 1 saturated heterocycles. The second kappa shape index (κ2) is 6.41. The Hall–Kier alpha value is -1.34. The van der Waals surface area contributed by atoms with Gasteiger partial charge < -0.3 is 25.6 Å². The van der Waals surface area contributed by atoms with Crippen molar-refractivity contribution in [2.24, 2.45) is 5.73 Å². The normalized spacial score (nSPS) is 25.4. The molecule has 0 saturated carbocycles. The molecule has 1 aliphatic rings. The molecule has 1 heterocycles. The lowest BCUT2D eigenvalue weighted by Crippen LogP contribution is -2.61. The summed E-state index contributed by atoms with van der Waals surface area (Å²) in [6.45, 7) is 6.06. The summed E-state index contributed by atoms with van der Waals surface area (Å²) >= 11 is 0. The fourth-order valence-electron chi connectivity index (χ4n) is 2.22. The Morgan fingerprint density at radius 2 is 2.00 bits per heavy atom. The molecule has 7 heteroatoms. The molecule has 0 aromatic heterocycles. The lowest BCUT2D eigenvalue weighted by Gasteiger charge is -2.36. The molecule has 0 aromatic rings. The van der Waals surface area contributed by atoms with Gasteiger partial charge in [-0.05, 0) is 40.0 Å². The summed E-state index contributed by atoms with van der Waals surface area (Å²) in [7, 11) is 0. The molecular formula is C13H24N2O5. The summed E-state index contributed by atoms with van der Waals surface area (Å²) in [5, 5.41) is 12.7. The Morgan fingerprint density at radius 1 is 1.35 bits per heavy atom. The molecule has 2 amide bonds. The maximum atomic E-state index is 11.9. The van der Waals surface area contributed by atoms with Crippen LogP contribution in [0.15, 0.2) is 0 Å². The van der Waals surface area contributed by atoms with Gasteiger partial charge in [0.1, 0.15) is 5.60 Å². The number of nitrogens with two attached hydrogens (primary N) is 1. The van der Waals surface area contributed by atoms with E-state index in [1.165, 1.54) is 0 Å². The molecule has 0 spiro atoms. The highest BCUT2D eigenvalue weighted by Gasteiger charge is 2.43. The number of aliphatic hydroxyl groups excluding tert-OH is 1. The summed E-state index contributed by atoms with van der Waals surface area (Å²) < 4.78 is 10.5. The van der Waals surface area contributed by atoms with E-state index in [1.54, 1.807) is 20.8 Å². The average molecular weight is 288 g/mol. The van der Waals surface area contributed by atoms with Crippen LogP contribution in [0.4, 0.5) is 4.79 Å². The molecule has 20 heavy (non-hydrogen) atoms. The molecule has 0 bridgehead atoms. The van der Waals surface area contributed by atoms with Gasteiger partial charge >= 0.3 is 6.09 Å². The Balaban J connectivity index is 2.87. The van der Waals surface area contributed by atoms with Crippen molar-refractivity contribution in [3.8, 4) is 0 Å². The average Bonchev–Trinajstić information content (AvgIpc) is 2.51. The summed E-state index contributed by atoms with van der Waals surface area (Å²) in [6, 6.07) is 0. The number of carbonyl (C=O) groups is 2. The second-order valence-electron chi connectivity index (χ2n) is 6.05. The monoisotopic (exact) mass is 288 g/mol. The Labute approximate surface area is 118 Å². The fourth-order valence-corrected chi connectivity index (χ4v) is 2.22. The molecule has 2 atom stereocenters. The van der Waals surface area contributed by atoms with Crippen LogP contribution in [0.5, 0.6) is 0 Å². The van der Waals surface area contributed by atoms with Crippen LogP contribution >= 0.6 is 0 Å². The van der Waals surface area contributed by atoms with Gasteiger partial charge in [0.25, 0.3) is 0 Å². The summed E-state index contributed by atoms with van der Waals surface area (Å²) in [4.78, 5) is 23.3. The topological polar surface area (TPSA) is 111 Å². The molecule has 0 aliphatic carbocycles. The Bertz CT molecular complexity index is 356. The van der Waals surface area contributed by atoms with Crippen LogP contribution in [0.3, 0.4) is 0 Å². The first kappa shape index (κ1) is 16.7. The Morgan fingerprint density at radius 3 is 2.55 bits per heavy atom. The highest BCUT2D eigenvalue weighted by molar-refractivity contribution is 5.81. The van der Waals surface area contributed by atoms with E-state index >= 15 is 0 Å². The zero-order chi connectivity index (χ0) is 15.4. The molecule has 2 unspecified atom stereocenters. The molecular weight excluding hydrogens is 264 g/mol. The van der Waals surface area contributed by atoms with E-state index in [0.717, 1.165) is 0 Å². The quantitative estimate of drug-likeness (QED) is 0.691. The third-order valence-electron chi connectivity index (χ3n) is 3.15. The SMILES string of the molecule is CC(C)(C)OC(=O)NC1(C(O)C(N)=O)CCCOCC1. The minimum Gasteiger partial charge on any atom is -0.444 e. The van der Waals surface area contributed by atoms with E-state index in [-0.39, 0.29) is 0 Å². The highest BCUT2D eigenvalue weighted by Crippen LogP contribution is 2.26. The number of carbonyl (C=O) groups excluding carboxylic acids is 2. The molecule has 1 fully saturated rings. The maximum absolute atomic E-state index is 11.9. The van der Waals surface area contributed by atoms with Crippen LogP contribution in [0, 0.1) is 0 Å². The third-order valence-corrected chi connectivity index (χ3v) is 3.15. The zero-order valence-corrected chi connectivity index (χ0v) is 12.3. The number of alkyl carbamates (subject to hydrolysis) is 1. The van der Waals surface area contributed by atoms with Gasteiger partial charge in [0, 0.05) is 13.2 Å². The van der Waals surface area contributed by atoms with Crippen molar-refractivity contribution in [3.63, 3.8) is 0 Å². The van der Waals surface area contributed by atoms with Crippen molar-refractivity contribution in [1.82, 2.24) is 5.32 Å². The molecule has 7 nitrogen and oxygen atoms in total. The van der Waals surface area contributed by atoms with E-state index in [9.17, 15) is 14.7 Å². The third kappa shape index (κ3) is 4.64. The molecule has 1 rings (SSSR count). The van der Waals surface area contributed by atoms with Crippen molar-refractivity contribution in [1.29, 1.82) is 0 Å². The number of hydrogen-bond acceptors (Lipinski definition) is 5. The number of amides is 2. The van der Waals surface area contributed by atoms with Gasteiger partial charge in [-0.2, -0.15) is 0 Å². The van der Waals surface area contributed by atoms with Gasteiger partial charge in [-0.1, -0.05) is 0 Å². The first-order chi connectivity index (χ1) is 9.16. The fraction of sp³-hybridized carbons (Fsp3) is 0.846. The van der Waals surface area contributed by atoms with Gasteiger partial charge in [-0.15, -0.1) is 0 Å². The maximum Gasteiger partial charge on any atom is 0.408 e. The minimum atomic E-state index is -1.48. The van der Waals surface area contributed by atoms with Crippen molar-refractivity contribution >= 4 is 12.0 Å². The number of hydrogen-bond donors (Lipinski definition) is 3. The van der Waals surface area contributed by atoms with E-state index in [1.807, 2.05) is 0 Å². The smallest absolute Gasteiger partial charge is 0.408 e.